The number of aryl methyl sites for hydroxylation is 2. The van der Waals surface area contributed by atoms with Gasteiger partial charge in [0.25, 0.3) is 0 Å². The average Bonchev–Trinajstić information content (AvgIpc) is 2.29. The number of ketones is 1. The molecule has 2 aromatic rings. The highest BCUT2D eigenvalue weighted by Crippen LogP contribution is 2.14. The molecule has 0 saturated heterocycles. The van der Waals surface area contributed by atoms with Gasteiger partial charge >= 0.3 is 0 Å². The zero-order valence-corrected chi connectivity index (χ0v) is 9.45. The van der Waals surface area contributed by atoms with Crippen LogP contribution in [0.4, 0.5) is 0 Å². The normalized spacial score (nSPS) is 10.1. The Morgan fingerprint density at radius 3 is 2.56 bits per heavy atom. The minimum absolute atomic E-state index is 0.0789. The van der Waals surface area contributed by atoms with Gasteiger partial charge in [0.2, 0.25) is 0 Å². The minimum atomic E-state index is 0.0789. The van der Waals surface area contributed by atoms with Gasteiger partial charge in [0, 0.05) is 11.1 Å². The van der Waals surface area contributed by atoms with Crippen LogP contribution in [0.2, 0.25) is 0 Å². The summed E-state index contributed by atoms with van der Waals surface area (Å²) < 4.78 is 0. The van der Waals surface area contributed by atoms with Crippen LogP contribution in [0, 0.1) is 19.9 Å². The van der Waals surface area contributed by atoms with Crippen molar-refractivity contribution in [2.75, 3.05) is 0 Å². The van der Waals surface area contributed by atoms with Crippen LogP contribution >= 0.6 is 0 Å². The highest BCUT2D eigenvalue weighted by atomic mass is 16.1. The third kappa shape index (κ3) is 2.03. The van der Waals surface area contributed by atoms with Crippen LogP contribution < -0.4 is 0 Å². The molecule has 0 fully saturated rings. The lowest BCUT2D eigenvalue weighted by Gasteiger charge is -2.04. The fourth-order valence-corrected chi connectivity index (χ4v) is 1.71. The van der Waals surface area contributed by atoms with Crippen molar-refractivity contribution in [1.82, 2.24) is 0 Å². The van der Waals surface area contributed by atoms with E-state index in [1.807, 2.05) is 50.2 Å². The Bertz CT molecular complexity index is 526. The molecule has 0 aliphatic carbocycles. The largest absolute Gasteiger partial charge is 0.289 e. The third-order valence-corrected chi connectivity index (χ3v) is 2.60. The van der Waals surface area contributed by atoms with Crippen molar-refractivity contribution in [3.05, 3.63) is 70.8 Å². The molecule has 79 valence electrons. The Kier molecular flexibility index (Phi) is 2.86. The average molecular weight is 209 g/mol. The Morgan fingerprint density at radius 2 is 1.88 bits per heavy atom. The van der Waals surface area contributed by atoms with E-state index in [-0.39, 0.29) is 5.78 Å². The molecule has 0 N–H and O–H groups in total. The van der Waals surface area contributed by atoms with Gasteiger partial charge in [0.15, 0.2) is 5.78 Å². The SMILES string of the molecule is Cc1[c]ccc(C(=O)c2ccccc2C)c1. The van der Waals surface area contributed by atoms with Crippen molar-refractivity contribution < 1.29 is 4.79 Å². The summed E-state index contributed by atoms with van der Waals surface area (Å²) in [4.78, 5) is 12.2. The lowest BCUT2D eigenvalue weighted by atomic mass is 9.98. The molecule has 16 heavy (non-hydrogen) atoms. The van der Waals surface area contributed by atoms with E-state index < -0.39 is 0 Å². The molecule has 0 aromatic heterocycles. The molecule has 1 heteroatoms. The number of hydrogen-bond donors (Lipinski definition) is 0. The Labute approximate surface area is 95.7 Å². The highest BCUT2D eigenvalue weighted by molar-refractivity contribution is 6.09. The second-order valence-electron chi connectivity index (χ2n) is 3.90. The summed E-state index contributed by atoms with van der Waals surface area (Å²) in [5, 5.41) is 0. The topological polar surface area (TPSA) is 17.1 Å². The third-order valence-electron chi connectivity index (χ3n) is 2.60. The molecule has 0 bridgehead atoms. The Morgan fingerprint density at radius 1 is 1.12 bits per heavy atom. The molecule has 1 nitrogen and oxygen atoms in total. The smallest absolute Gasteiger partial charge is 0.193 e. The zero-order valence-electron chi connectivity index (χ0n) is 9.45. The van der Waals surface area contributed by atoms with Crippen LogP contribution in [0.1, 0.15) is 27.0 Å². The van der Waals surface area contributed by atoms with Crippen LogP contribution in [0.5, 0.6) is 0 Å². The van der Waals surface area contributed by atoms with E-state index in [4.69, 9.17) is 0 Å². The van der Waals surface area contributed by atoms with E-state index in [0.29, 0.717) is 0 Å². The molecule has 2 rings (SSSR count). The maximum atomic E-state index is 12.2. The van der Waals surface area contributed by atoms with Gasteiger partial charge in [0.05, 0.1) is 0 Å². The van der Waals surface area contributed by atoms with Crippen molar-refractivity contribution >= 4 is 5.78 Å². The quantitative estimate of drug-likeness (QED) is 0.693. The summed E-state index contributed by atoms with van der Waals surface area (Å²) in [6.45, 7) is 3.89. The summed E-state index contributed by atoms with van der Waals surface area (Å²) in [7, 11) is 0. The standard InChI is InChI=1S/C15H13O/c1-11-6-5-8-13(10-11)15(16)14-9-4-3-7-12(14)2/h3-5,7-10H,1-2H3. The molecular weight excluding hydrogens is 196 g/mol. The van der Waals surface area contributed by atoms with Crippen molar-refractivity contribution in [3.8, 4) is 0 Å². The summed E-state index contributed by atoms with van der Waals surface area (Å²) in [5.74, 6) is 0.0789. The number of rotatable bonds is 2. The molecule has 0 aliphatic heterocycles. The molecule has 0 unspecified atom stereocenters. The van der Waals surface area contributed by atoms with E-state index in [0.717, 1.165) is 22.3 Å². The van der Waals surface area contributed by atoms with Crippen molar-refractivity contribution in [3.63, 3.8) is 0 Å². The van der Waals surface area contributed by atoms with Crippen molar-refractivity contribution in [2.24, 2.45) is 0 Å². The number of carbonyl (C=O) groups excluding carboxylic acids is 1. The lowest BCUT2D eigenvalue weighted by Crippen LogP contribution is -2.03. The lowest BCUT2D eigenvalue weighted by molar-refractivity contribution is 0.103. The van der Waals surface area contributed by atoms with Crippen molar-refractivity contribution in [1.29, 1.82) is 0 Å². The molecule has 0 atom stereocenters. The van der Waals surface area contributed by atoms with Gasteiger partial charge in [-0.2, -0.15) is 0 Å². The summed E-state index contributed by atoms with van der Waals surface area (Å²) in [5.41, 5.74) is 3.50. The predicted molar refractivity (Wildman–Crippen MR) is 64.6 cm³/mol. The van der Waals surface area contributed by atoms with E-state index in [2.05, 4.69) is 6.07 Å². The van der Waals surface area contributed by atoms with E-state index >= 15 is 0 Å². The van der Waals surface area contributed by atoms with Gasteiger partial charge < -0.3 is 0 Å². The molecule has 1 radical (unpaired) electrons. The first-order chi connectivity index (χ1) is 7.68. The van der Waals surface area contributed by atoms with Crippen LogP contribution in [0.3, 0.4) is 0 Å². The molecule has 0 amide bonds. The summed E-state index contributed by atoms with van der Waals surface area (Å²) in [6.07, 6.45) is 0. The van der Waals surface area contributed by atoms with Crippen LogP contribution in [0.25, 0.3) is 0 Å². The highest BCUT2D eigenvalue weighted by Gasteiger charge is 2.10. The molecule has 0 heterocycles. The number of carbonyl (C=O) groups is 1. The van der Waals surface area contributed by atoms with Gasteiger partial charge in [-0.1, -0.05) is 36.4 Å². The maximum absolute atomic E-state index is 12.2. The monoisotopic (exact) mass is 209 g/mol. The fraction of sp³-hybridized carbons (Fsp3) is 0.133. The number of hydrogen-bond acceptors (Lipinski definition) is 1. The summed E-state index contributed by atoms with van der Waals surface area (Å²) in [6, 6.07) is 16.2. The Hall–Kier alpha value is -1.89. The summed E-state index contributed by atoms with van der Waals surface area (Å²) >= 11 is 0. The van der Waals surface area contributed by atoms with Gasteiger partial charge in [-0.25, -0.2) is 0 Å². The Balaban J connectivity index is 2.44. The van der Waals surface area contributed by atoms with Crippen LogP contribution in [0.15, 0.2) is 42.5 Å². The predicted octanol–water partition coefficient (Wildman–Crippen LogP) is 3.33. The molecule has 0 saturated carbocycles. The second kappa shape index (κ2) is 4.31. The minimum Gasteiger partial charge on any atom is -0.289 e. The first-order valence-corrected chi connectivity index (χ1v) is 5.27. The van der Waals surface area contributed by atoms with Gasteiger partial charge in [-0.05, 0) is 37.1 Å². The van der Waals surface area contributed by atoms with Crippen LogP contribution in [-0.4, -0.2) is 5.78 Å². The van der Waals surface area contributed by atoms with Crippen molar-refractivity contribution in [2.45, 2.75) is 13.8 Å². The first-order valence-electron chi connectivity index (χ1n) is 5.27. The maximum Gasteiger partial charge on any atom is 0.193 e. The van der Waals surface area contributed by atoms with E-state index in [1.54, 1.807) is 6.07 Å². The van der Waals surface area contributed by atoms with Gasteiger partial charge in [-0.15, -0.1) is 0 Å². The van der Waals surface area contributed by atoms with E-state index in [1.165, 1.54) is 0 Å². The van der Waals surface area contributed by atoms with E-state index in [9.17, 15) is 4.79 Å². The zero-order chi connectivity index (χ0) is 11.5. The molecule has 0 spiro atoms. The van der Waals surface area contributed by atoms with Crippen LogP contribution in [-0.2, 0) is 0 Å². The fourth-order valence-electron chi connectivity index (χ4n) is 1.71. The first kappa shape index (κ1) is 10.6. The van der Waals surface area contributed by atoms with Gasteiger partial charge in [-0.3, -0.25) is 4.79 Å². The van der Waals surface area contributed by atoms with Gasteiger partial charge in [0.1, 0.15) is 0 Å². The molecule has 2 aromatic carbocycles. The second-order valence-corrected chi connectivity index (χ2v) is 3.90. The molecular formula is C15H13O. The number of benzene rings is 2. The molecule has 0 aliphatic rings.